The second kappa shape index (κ2) is 7.77. The molecule has 0 fully saturated rings. The van der Waals surface area contributed by atoms with Crippen molar-refractivity contribution in [1.82, 2.24) is 15.1 Å². The predicted octanol–water partition coefficient (Wildman–Crippen LogP) is 2.02. The first kappa shape index (κ1) is 15.5. The quantitative estimate of drug-likeness (QED) is 0.713. The van der Waals surface area contributed by atoms with Gasteiger partial charge >= 0.3 is 0 Å². The van der Waals surface area contributed by atoms with Crippen LogP contribution in [0.5, 0.6) is 0 Å². The lowest BCUT2D eigenvalue weighted by Crippen LogP contribution is -2.29. The van der Waals surface area contributed by atoms with Crippen LogP contribution in [0.4, 0.5) is 0 Å². The highest BCUT2D eigenvalue weighted by Gasteiger charge is 2.17. The van der Waals surface area contributed by atoms with Gasteiger partial charge in [0.1, 0.15) is 0 Å². The lowest BCUT2D eigenvalue weighted by Gasteiger charge is -2.12. The molecule has 0 aromatic carbocycles. The Morgan fingerprint density at radius 2 is 2.11 bits per heavy atom. The zero-order valence-corrected chi connectivity index (χ0v) is 12.3. The first-order valence-corrected chi connectivity index (χ1v) is 7.14. The molecule has 0 aliphatic heterocycles. The Morgan fingerprint density at radius 1 is 1.39 bits per heavy atom. The van der Waals surface area contributed by atoms with Gasteiger partial charge in [-0.3, -0.25) is 4.68 Å². The van der Waals surface area contributed by atoms with Crippen molar-refractivity contribution in [3.63, 3.8) is 0 Å². The van der Waals surface area contributed by atoms with E-state index in [0.717, 1.165) is 37.3 Å². The molecule has 0 radical (unpaired) electrons. The molecule has 1 heterocycles. The van der Waals surface area contributed by atoms with Gasteiger partial charge in [-0.2, -0.15) is 5.10 Å². The second-order valence-corrected chi connectivity index (χ2v) is 4.82. The number of rotatable bonds is 8. The monoisotopic (exact) mass is 273 g/mol. The SMILES string of the molecule is CCCNCC(O)Cc1c(Cl)c(CC)nn1CC. The summed E-state index contributed by atoms with van der Waals surface area (Å²) in [5, 5.41) is 18.4. The largest absolute Gasteiger partial charge is 0.391 e. The number of halogens is 1. The minimum Gasteiger partial charge on any atom is -0.391 e. The molecule has 0 aliphatic carbocycles. The fraction of sp³-hybridized carbons (Fsp3) is 0.769. The van der Waals surface area contributed by atoms with Gasteiger partial charge in [-0.05, 0) is 26.3 Å². The van der Waals surface area contributed by atoms with E-state index in [9.17, 15) is 5.11 Å². The fourth-order valence-corrected chi connectivity index (χ4v) is 2.30. The van der Waals surface area contributed by atoms with E-state index in [1.165, 1.54) is 0 Å². The molecule has 0 bridgehead atoms. The molecular weight excluding hydrogens is 250 g/mol. The van der Waals surface area contributed by atoms with Crippen molar-refractivity contribution in [2.45, 2.75) is 52.7 Å². The zero-order chi connectivity index (χ0) is 13.5. The molecule has 1 rings (SSSR count). The van der Waals surface area contributed by atoms with Gasteiger partial charge in [0.25, 0.3) is 0 Å². The Kier molecular flexibility index (Phi) is 6.68. The van der Waals surface area contributed by atoms with Gasteiger partial charge < -0.3 is 10.4 Å². The molecule has 1 aromatic heterocycles. The molecular formula is C13H24ClN3O. The lowest BCUT2D eigenvalue weighted by molar-refractivity contribution is 0.169. The predicted molar refractivity (Wildman–Crippen MR) is 75.2 cm³/mol. The first-order chi connectivity index (χ1) is 8.63. The number of hydrogen-bond donors (Lipinski definition) is 2. The molecule has 18 heavy (non-hydrogen) atoms. The van der Waals surface area contributed by atoms with E-state index in [2.05, 4.69) is 17.3 Å². The van der Waals surface area contributed by atoms with Crippen molar-refractivity contribution in [2.24, 2.45) is 0 Å². The van der Waals surface area contributed by atoms with Crippen molar-refractivity contribution >= 4 is 11.6 Å². The van der Waals surface area contributed by atoms with Crippen molar-refractivity contribution in [2.75, 3.05) is 13.1 Å². The molecule has 0 aliphatic rings. The topological polar surface area (TPSA) is 50.1 Å². The summed E-state index contributed by atoms with van der Waals surface area (Å²) in [4.78, 5) is 0. The number of nitrogens with zero attached hydrogens (tertiary/aromatic N) is 2. The van der Waals surface area contributed by atoms with Crippen LogP contribution in [0.25, 0.3) is 0 Å². The number of aryl methyl sites for hydroxylation is 2. The maximum atomic E-state index is 9.99. The first-order valence-electron chi connectivity index (χ1n) is 6.76. The van der Waals surface area contributed by atoms with Gasteiger partial charge in [0.2, 0.25) is 0 Å². The Morgan fingerprint density at radius 3 is 2.67 bits per heavy atom. The van der Waals surface area contributed by atoms with E-state index in [1.807, 2.05) is 18.5 Å². The maximum Gasteiger partial charge on any atom is 0.0850 e. The molecule has 0 spiro atoms. The van der Waals surface area contributed by atoms with Gasteiger partial charge in [-0.15, -0.1) is 0 Å². The summed E-state index contributed by atoms with van der Waals surface area (Å²) >= 11 is 6.30. The summed E-state index contributed by atoms with van der Waals surface area (Å²) in [5.74, 6) is 0. The molecule has 0 saturated heterocycles. The van der Waals surface area contributed by atoms with Gasteiger partial charge in [0.05, 0.1) is 22.5 Å². The number of aliphatic hydroxyl groups is 1. The van der Waals surface area contributed by atoms with E-state index >= 15 is 0 Å². The van der Waals surface area contributed by atoms with Crippen molar-refractivity contribution in [3.05, 3.63) is 16.4 Å². The molecule has 0 amide bonds. The average Bonchev–Trinajstić information content (AvgIpc) is 2.66. The van der Waals surface area contributed by atoms with E-state index in [-0.39, 0.29) is 0 Å². The summed E-state index contributed by atoms with van der Waals surface area (Å²) in [6, 6.07) is 0. The van der Waals surface area contributed by atoms with Gasteiger partial charge in [-0.25, -0.2) is 0 Å². The lowest BCUT2D eigenvalue weighted by atomic mass is 10.1. The third-order valence-electron chi connectivity index (χ3n) is 2.93. The standard InChI is InChI=1S/C13H24ClN3O/c1-4-7-15-9-10(18)8-12-13(14)11(5-2)16-17(12)6-3/h10,15,18H,4-9H2,1-3H3. The van der Waals surface area contributed by atoms with E-state index in [1.54, 1.807) is 0 Å². The highest BCUT2D eigenvalue weighted by atomic mass is 35.5. The van der Waals surface area contributed by atoms with Crippen molar-refractivity contribution in [1.29, 1.82) is 0 Å². The van der Waals surface area contributed by atoms with E-state index < -0.39 is 6.10 Å². The molecule has 5 heteroatoms. The maximum absolute atomic E-state index is 9.99. The van der Waals surface area contributed by atoms with Gasteiger partial charge in [0, 0.05) is 19.5 Å². The molecule has 104 valence electrons. The molecule has 2 N–H and O–H groups in total. The Bertz CT molecular complexity index is 365. The molecule has 0 saturated carbocycles. The highest BCUT2D eigenvalue weighted by molar-refractivity contribution is 6.31. The minimum atomic E-state index is -0.416. The van der Waals surface area contributed by atoms with E-state index in [0.29, 0.717) is 18.0 Å². The second-order valence-electron chi connectivity index (χ2n) is 4.44. The number of nitrogens with one attached hydrogen (secondary N) is 1. The Labute approximate surface area is 114 Å². The third kappa shape index (κ3) is 3.97. The molecule has 4 nitrogen and oxygen atoms in total. The van der Waals surface area contributed by atoms with Crippen LogP contribution in [-0.2, 0) is 19.4 Å². The Hall–Kier alpha value is -0.580. The highest BCUT2D eigenvalue weighted by Crippen LogP contribution is 2.22. The molecule has 1 atom stereocenters. The molecule has 1 aromatic rings. The van der Waals surface area contributed by atoms with Crippen LogP contribution in [-0.4, -0.2) is 34.1 Å². The summed E-state index contributed by atoms with van der Waals surface area (Å²) in [7, 11) is 0. The van der Waals surface area contributed by atoms with Gasteiger partial charge in [0.15, 0.2) is 0 Å². The van der Waals surface area contributed by atoms with E-state index in [4.69, 9.17) is 11.6 Å². The van der Waals surface area contributed by atoms with Crippen LogP contribution in [0.15, 0.2) is 0 Å². The fourth-order valence-electron chi connectivity index (χ4n) is 1.95. The van der Waals surface area contributed by atoms with Gasteiger partial charge in [-0.1, -0.05) is 25.4 Å². The summed E-state index contributed by atoms with van der Waals surface area (Å²) in [6.07, 6.45) is 2.03. The Balaban J connectivity index is 2.67. The molecule has 1 unspecified atom stereocenters. The minimum absolute atomic E-state index is 0.416. The third-order valence-corrected chi connectivity index (χ3v) is 3.37. The smallest absolute Gasteiger partial charge is 0.0850 e. The summed E-state index contributed by atoms with van der Waals surface area (Å²) in [5.41, 5.74) is 1.86. The summed E-state index contributed by atoms with van der Waals surface area (Å²) in [6.45, 7) is 8.49. The van der Waals surface area contributed by atoms with Crippen molar-refractivity contribution in [3.8, 4) is 0 Å². The van der Waals surface area contributed by atoms with Crippen LogP contribution in [0.2, 0.25) is 5.02 Å². The van der Waals surface area contributed by atoms with Crippen LogP contribution in [0.1, 0.15) is 38.6 Å². The van der Waals surface area contributed by atoms with Crippen LogP contribution < -0.4 is 5.32 Å². The average molecular weight is 274 g/mol. The number of aliphatic hydroxyl groups excluding tert-OH is 1. The zero-order valence-electron chi connectivity index (χ0n) is 11.5. The normalized spacial score (nSPS) is 12.9. The number of hydrogen-bond acceptors (Lipinski definition) is 3. The van der Waals surface area contributed by atoms with Crippen LogP contribution in [0, 0.1) is 0 Å². The van der Waals surface area contributed by atoms with Crippen LogP contribution >= 0.6 is 11.6 Å². The van der Waals surface area contributed by atoms with Crippen LogP contribution in [0.3, 0.4) is 0 Å². The summed E-state index contributed by atoms with van der Waals surface area (Å²) < 4.78 is 1.89. The van der Waals surface area contributed by atoms with Crippen molar-refractivity contribution < 1.29 is 5.11 Å². The number of aromatic nitrogens is 2.